The summed E-state index contributed by atoms with van der Waals surface area (Å²) in [5.41, 5.74) is 0.997. The molecule has 1 rings (SSSR count). The Morgan fingerprint density at radius 2 is 2.07 bits per heavy atom. The minimum absolute atomic E-state index is 0.00833. The Balaban J connectivity index is 3.00. The van der Waals surface area contributed by atoms with Gasteiger partial charge in [-0.1, -0.05) is 19.1 Å². The van der Waals surface area contributed by atoms with Gasteiger partial charge in [-0.05, 0) is 18.1 Å². The Labute approximate surface area is 90.0 Å². The molecule has 0 aliphatic heterocycles. The summed E-state index contributed by atoms with van der Waals surface area (Å²) in [6.45, 7) is 1.88. The molecule has 0 saturated heterocycles. The predicted molar refractivity (Wildman–Crippen MR) is 58.5 cm³/mol. The van der Waals surface area contributed by atoms with Crippen LogP contribution >= 0.6 is 0 Å². The van der Waals surface area contributed by atoms with Crippen molar-refractivity contribution in [2.45, 2.75) is 13.3 Å². The van der Waals surface area contributed by atoms with Gasteiger partial charge in [0.2, 0.25) is 0 Å². The SMILES string of the molecule is COc1cccc(CC(C)C=O)c1OC. The van der Waals surface area contributed by atoms with Crippen LogP contribution in [0, 0.1) is 5.92 Å². The van der Waals surface area contributed by atoms with Gasteiger partial charge in [0, 0.05) is 5.92 Å². The van der Waals surface area contributed by atoms with E-state index in [9.17, 15) is 4.79 Å². The van der Waals surface area contributed by atoms with Crippen molar-refractivity contribution >= 4 is 6.29 Å². The van der Waals surface area contributed by atoms with E-state index in [2.05, 4.69) is 0 Å². The highest BCUT2D eigenvalue weighted by atomic mass is 16.5. The summed E-state index contributed by atoms with van der Waals surface area (Å²) in [6, 6.07) is 5.68. The van der Waals surface area contributed by atoms with Gasteiger partial charge in [-0.25, -0.2) is 0 Å². The zero-order valence-corrected chi connectivity index (χ0v) is 9.32. The van der Waals surface area contributed by atoms with E-state index in [0.717, 1.165) is 11.8 Å². The topological polar surface area (TPSA) is 35.5 Å². The van der Waals surface area contributed by atoms with Crippen molar-refractivity contribution in [1.82, 2.24) is 0 Å². The summed E-state index contributed by atoms with van der Waals surface area (Å²) < 4.78 is 10.5. The number of ether oxygens (including phenoxy) is 2. The molecule has 0 saturated carbocycles. The van der Waals surface area contributed by atoms with Gasteiger partial charge in [-0.3, -0.25) is 0 Å². The van der Waals surface area contributed by atoms with Crippen LogP contribution < -0.4 is 9.47 Å². The molecule has 1 aromatic carbocycles. The van der Waals surface area contributed by atoms with Crippen LogP contribution in [0.1, 0.15) is 12.5 Å². The maximum absolute atomic E-state index is 10.6. The Bertz CT molecular complexity index is 334. The zero-order valence-electron chi connectivity index (χ0n) is 9.32. The molecule has 1 atom stereocenters. The van der Waals surface area contributed by atoms with Crippen molar-refractivity contribution in [1.29, 1.82) is 0 Å². The lowest BCUT2D eigenvalue weighted by molar-refractivity contribution is -0.110. The van der Waals surface area contributed by atoms with Crippen LogP contribution in [0.2, 0.25) is 0 Å². The average Bonchev–Trinajstić information content (AvgIpc) is 2.28. The Kier molecular flexibility index (Phi) is 4.16. The highest BCUT2D eigenvalue weighted by Crippen LogP contribution is 2.31. The quantitative estimate of drug-likeness (QED) is 0.695. The lowest BCUT2D eigenvalue weighted by Crippen LogP contribution is -2.03. The van der Waals surface area contributed by atoms with Gasteiger partial charge in [-0.15, -0.1) is 0 Å². The molecule has 0 aromatic heterocycles. The number of benzene rings is 1. The van der Waals surface area contributed by atoms with Gasteiger partial charge in [0.15, 0.2) is 11.5 Å². The Morgan fingerprint density at radius 3 is 2.60 bits per heavy atom. The van der Waals surface area contributed by atoms with Gasteiger partial charge >= 0.3 is 0 Å². The van der Waals surface area contributed by atoms with Crippen LogP contribution in [-0.4, -0.2) is 20.5 Å². The van der Waals surface area contributed by atoms with Gasteiger partial charge in [0.1, 0.15) is 6.29 Å². The van der Waals surface area contributed by atoms with E-state index in [0.29, 0.717) is 17.9 Å². The summed E-state index contributed by atoms with van der Waals surface area (Å²) in [4.78, 5) is 10.6. The van der Waals surface area contributed by atoms with Crippen molar-refractivity contribution in [2.75, 3.05) is 14.2 Å². The molecule has 0 spiro atoms. The molecule has 82 valence electrons. The van der Waals surface area contributed by atoms with Crippen LogP contribution in [0.3, 0.4) is 0 Å². The molecule has 0 heterocycles. The second-order valence-corrected chi connectivity index (χ2v) is 3.47. The number of rotatable bonds is 5. The molecule has 0 aliphatic rings. The smallest absolute Gasteiger partial charge is 0.163 e. The highest BCUT2D eigenvalue weighted by Gasteiger charge is 2.11. The molecule has 0 aliphatic carbocycles. The van der Waals surface area contributed by atoms with Crippen molar-refractivity contribution < 1.29 is 14.3 Å². The number of aldehydes is 1. The Hall–Kier alpha value is -1.51. The van der Waals surface area contributed by atoms with E-state index in [1.165, 1.54) is 0 Å². The number of carbonyl (C=O) groups excluding carboxylic acids is 1. The summed E-state index contributed by atoms with van der Waals surface area (Å²) in [7, 11) is 3.21. The zero-order chi connectivity index (χ0) is 11.3. The summed E-state index contributed by atoms with van der Waals surface area (Å²) in [6.07, 6.45) is 1.61. The van der Waals surface area contributed by atoms with E-state index >= 15 is 0 Å². The van der Waals surface area contributed by atoms with Gasteiger partial charge in [-0.2, -0.15) is 0 Å². The lowest BCUT2D eigenvalue weighted by atomic mass is 10.0. The fourth-order valence-electron chi connectivity index (χ4n) is 1.51. The normalized spacial score (nSPS) is 11.9. The molecule has 0 bridgehead atoms. The van der Waals surface area contributed by atoms with E-state index in [-0.39, 0.29) is 5.92 Å². The first kappa shape index (κ1) is 11.6. The van der Waals surface area contributed by atoms with E-state index in [1.54, 1.807) is 14.2 Å². The van der Waals surface area contributed by atoms with E-state index in [1.807, 2.05) is 25.1 Å². The standard InChI is InChI=1S/C12H16O3/c1-9(8-13)7-10-5-4-6-11(14-2)12(10)15-3/h4-6,8-9H,7H2,1-3H3. The highest BCUT2D eigenvalue weighted by molar-refractivity contribution is 5.55. The first-order chi connectivity index (χ1) is 7.22. The molecule has 3 heteroatoms. The van der Waals surface area contributed by atoms with Crippen molar-refractivity contribution in [3.63, 3.8) is 0 Å². The van der Waals surface area contributed by atoms with Crippen LogP contribution in [0.5, 0.6) is 11.5 Å². The van der Waals surface area contributed by atoms with Crippen molar-refractivity contribution in [3.05, 3.63) is 23.8 Å². The molecular weight excluding hydrogens is 192 g/mol. The fourth-order valence-corrected chi connectivity index (χ4v) is 1.51. The van der Waals surface area contributed by atoms with Crippen LogP contribution in [0.25, 0.3) is 0 Å². The number of hydrogen-bond donors (Lipinski definition) is 0. The third-order valence-corrected chi connectivity index (χ3v) is 2.26. The monoisotopic (exact) mass is 208 g/mol. The number of methoxy groups -OCH3 is 2. The minimum Gasteiger partial charge on any atom is -0.493 e. The molecule has 15 heavy (non-hydrogen) atoms. The van der Waals surface area contributed by atoms with Crippen LogP contribution in [-0.2, 0) is 11.2 Å². The molecule has 0 N–H and O–H groups in total. The maximum atomic E-state index is 10.6. The third kappa shape index (κ3) is 2.72. The van der Waals surface area contributed by atoms with E-state index in [4.69, 9.17) is 9.47 Å². The average molecular weight is 208 g/mol. The maximum Gasteiger partial charge on any atom is 0.163 e. The van der Waals surface area contributed by atoms with Gasteiger partial charge < -0.3 is 14.3 Å². The van der Waals surface area contributed by atoms with Gasteiger partial charge in [0.05, 0.1) is 14.2 Å². The second-order valence-electron chi connectivity index (χ2n) is 3.47. The fraction of sp³-hybridized carbons (Fsp3) is 0.417. The minimum atomic E-state index is -0.00833. The predicted octanol–water partition coefficient (Wildman–Crippen LogP) is 2.08. The second kappa shape index (κ2) is 5.39. The molecule has 1 aromatic rings. The van der Waals surface area contributed by atoms with E-state index < -0.39 is 0 Å². The van der Waals surface area contributed by atoms with Crippen molar-refractivity contribution in [3.8, 4) is 11.5 Å². The summed E-state index contributed by atoms with van der Waals surface area (Å²) >= 11 is 0. The first-order valence-electron chi connectivity index (χ1n) is 4.88. The van der Waals surface area contributed by atoms with Crippen LogP contribution in [0.4, 0.5) is 0 Å². The summed E-state index contributed by atoms with van der Waals surface area (Å²) in [5.74, 6) is 1.41. The molecular formula is C12H16O3. The van der Waals surface area contributed by atoms with Crippen molar-refractivity contribution in [2.24, 2.45) is 5.92 Å². The molecule has 0 radical (unpaired) electrons. The largest absolute Gasteiger partial charge is 0.493 e. The first-order valence-corrected chi connectivity index (χ1v) is 4.88. The number of hydrogen-bond acceptors (Lipinski definition) is 3. The summed E-state index contributed by atoms with van der Waals surface area (Å²) in [5, 5.41) is 0. The number of para-hydroxylation sites is 1. The molecule has 0 amide bonds. The molecule has 1 unspecified atom stereocenters. The molecule has 0 fully saturated rings. The lowest BCUT2D eigenvalue weighted by Gasteiger charge is -2.13. The number of carbonyl (C=O) groups is 1. The van der Waals surface area contributed by atoms with Gasteiger partial charge in [0.25, 0.3) is 0 Å². The Morgan fingerprint density at radius 1 is 1.33 bits per heavy atom. The third-order valence-electron chi connectivity index (χ3n) is 2.26. The molecule has 3 nitrogen and oxygen atoms in total. The van der Waals surface area contributed by atoms with Crippen LogP contribution in [0.15, 0.2) is 18.2 Å².